The highest BCUT2D eigenvalue weighted by Gasteiger charge is 2.29. The first kappa shape index (κ1) is 12.9. The van der Waals surface area contributed by atoms with Gasteiger partial charge in [0.25, 0.3) is 0 Å². The molecule has 0 fully saturated rings. The molecule has 0 saturated heterocycles. The van der Waals surface area contributed by atoms with E-state index in [0.29, 0.717) is 17.9 Å². The summed E-state index contributed by atoms with van der Waals surface area (Å²) in [5.74, 6) is 0.764. The molecule has 0 unspecified atom stereocenters. The van der Waals surface area contributed by atoms with Crippen LogP contribution in [0, 0.1) is 0 Å². The van der Waals surface area contributed by atoms with E-state index in [9.17, 15) is 4.79 Å². The van der Waals surface area contributed by atoms with Crippen molar-refractivity contribution in [3.63, 3.8) is 0 Å². The molecule has 102 valence electrons. The largest absolute Gasteiger partial charge is 0.493 e. The van der Waals surface area contributed by atoms with Crippen molar-refractivity contribution >= 4 is 5.78 Å². The van der Waals surface area contributed by atoms with Crippen molar-refractivity contribution in [2.24, 2.45) is 0 Å². The van der Waals surface area contributed by atoms with Crippen molar-refractivity contribution in [2.75, 3.05) is 20.2 Å². The molecule has 3 nitrogen and oxygen atoms in total. The van der Waals surface area contributed by atoms with Crippen LogP contribution < -0.4 is 10.1 Å². The van der Waals surface area contributed by atoms with Gasteiger partial charge in [0, 0.05) is 5.56 Å². The highest BCUT2D eigenvalue weighted by atomic mass is 16.5. The summed E-state index contributed by atoms with van der Waals surface area (Å²) in [6, 6.07) is 13.5. The van der Waals surface area contributed by atoms with Crippen LogP contribution in [0.15, 0.2) is 42.5 Å². The maximum atomic E-state index is 12.5. The Labute approximate surface area is 118 Å². The minimum absolute atomic E-state index is 0.0693. The highest BCUT2D eigenvalue weighted by Crippen LogP contribution is 2.40. The smallest absolute Gasteiger partial charge is 0.198 e. The Morgan fingerprint density at radius 3 is 2.55 bits per heavy atom. The molecule has 2 aromatic carbocycles. The van der Waals surface area contributed by atoms with E-state index < -0.39 is 0 Å². The lowest BCUT2D eigenvalue weighted by atomic mass is 10.1. The molecule has 0 saturated carbocycles. The van der Waals surface area contributed by atoms with Crippen LogP contribution in [0.1, 0.15) is 22.3 Å². The van der Waals surface area contributed by atoms with Crippen molar-refractivity contribution < 1.29 is 9.53 Å². The average molecular weight is 267 g/mol. The molecule has 1 aliphatic rings. The number of rotatable bonds is 5. The Balaban J connectivity index is 1.92. The quantitative estimate of drug-likeness (QED) is 0.722. The Hall–Kier alpha value is -2.13. The topological polar surface area (TPSA) is 38.3 Å². The fourth-order valence-electron chi connectivity index (χ4n) is 2.59. The third-order valence-electron chi connectivity index (χ3n) is 3.54. The van der Waals surface area contributed by atoms with Gasteiger partial charge in [0.15, 0.2) is 5.78 Å². The summed E-state index contributed by atoms with van der Waals surface area (Å²) in [5.41, 5.74) is 3.47. The van der Waals surface area contributed by atoms with Crippen LogP contribution in [0.4, 0.5) is 0 Å². The van der Waals surface area contributed by atoms with Gasteiger partial charge in [-0.15, -0.1) is 0 Å². The molecule has 3 heteroatoms. The molecule has 0 spiro atoms. The molecule has 1 N–H and O–H groups in total. The lowest BCUT2D eigenvalue weighted by molar-refractivity contribution is 0.103. The SMILES string of the molecule is CNCCCOc1cccc2c1C(=O)c1ccccc1-2. The molecule has 0 bridgehead atoms. The summed E-state index contributed by atoms with van der Waals surface area (Å²) < 4.78 is 5.79. The number of carbonyl (C=O) groups is 1. The van der Waals surface area contributed by atoms with Gasteiger partial charge in [0.2, 0.25) is 0 Å². The van der Waals surface area contributed by atoms with Crippen LogP contribution in [-0.4, -0.2) is 26.0 Å². The summed E-state index contributed by atoms with van der Waals surface area (Å²) in [7, 11) is 1.92. The third kappa shape index (κ3) is 2.10. The second-order valence-corrected chi connectivity index (χ2v) is 4.86. The minimum atomic E-state index is 0.0693. The first-order chi connectivity index (χ1) is 9.83. The van der Waals surface area contributed by atoms with Gasteiger partial charge < -0.3 is 10.1 Å². The fourth-order valence-corrected chi connectivity index (χ4v) is 2.59. The second kappa shape index (κ2) is 5.47. The number of fused-ring (bicyclic) bond motifs is 3. The van der Waals surface area contributed by atoms with E-state index in [1.54, 1.807) is 0 Å². The summed E-state index contributed by atoms with van der Waals surface area (Å²) in [6.07, 6.45) is 0.918. The van der Waals surface area contributed by atoms with E-state index >= 15 is 0 Å². The number of ketones is 1. The zero-order chi connectivity index (χ0) is 13.9. The predicted molar refractivity (Wildman–Crippen MR) is 79.3 cm³/mol. The molecule has 0 aliphatic heterocycles. The molecule has 0 aromatic heterocycles. The van der Waals surface area contributed by atoms with Gasteiger partial charge in [-0.1, -0.05) is 36.4 Å². The van der Waals surface area contributed by atoms with Gasteiger partial charge in [-0.2, -0.15) is 0 Å². The average Bonchev–Trinajstić information content (AvgIpc) is 2.79. The predicted octanol–water partition coefficient (Wildman–Crippen LogP) is 2.89. The number of nitrogens with one attached hydrogen (secondary N) is 1. The lowest BCUT2D eigenvalue weighted by Crippen LogP contribution is -2.12. The van der Waals surface area contributed by atoms with Crippen LogP contribution >= 0.6 is 0 Å². The summed E-state index contributed by atoms with van der Waals surface area (Å²) >= 11 is 0. The van der Waals surface area contributed by atoms with Crippen molar-refractivity contribution in [2.45, 2.75) is 6.42 Å². The van der Waals surface area contributed by atoms with Crippen LogP contribution in [0.25, 0.3) is 11.1 Å². The van der Waals surface area contributed by atoms with Crippen molar-refractivity contribution in [1.29, 1.82) is 0 Å². The van der Waals surface area contributed by atoms with Gasteiger partial charge >= 0.3 is 0 Å². The summed E-state index contributed by atoms with van der Waals surface area (Å²) in [6.45, 7) is 1.52. The Morgan fingerprint density at radius 2 is 1.75 bits per heavy atom. The number of ether oxygens (including phenoxy) is 1. The summed E-state index contributed by atoms with van der Waals surface area (Å²) in [4.78, 5) is 12.5. The highest BCUT2D eigenvalue weighted by molar-refractivity contribution is 6.23. The van der Waals surface area contributed by atoms with E-state index in [2.05, 4.69) is 5.32 Å². The molecule has 0 atom stereocenters. The minimum Gasteiger partial charge on any atom is -0.493 e. The molecule has 20 heavy (non-hydrogen) atoms. The van der Waals surface area contributed by atoms with Crippen LogP contribution in [-0.2, 0) is 0 Å². The standard InChI is InChI=1S/C17H17NO2/c1-18-10-5-11-20-15-9-4-8-13-12-6-2-3-7-14(12)17(19)16(13)15/h2-4,6-9,18H,5,10-11H2,1H3. The van der Waals surface area contributed by atoms with Gasteiger partial charge in [-0.05, 0) is 37.2 Å². The number of benzene rings is 2. The molecular formula is C17H17NO2. The van der Waals surface area contributed by atoms with E-state index in [0.717, 1.165) is 29.7 Å². The lowest BCUT2D eigenvalue weighted by Gasteiger charge is -2.09. The third-order valence-corrected chi connectivity index (χ3v) is 3.54. The molecule has 0 radical (unpaired) electrons. The van der Waals surface area contributed by atoms with E-state index in [4.69, 9.17) is 4.74 Å². The molecule has 0 amide bonds. The molecule has 0 heterocycles. The van der Waals surface area contributed by atoms with Crippen LogP contribution in [0.2, 0.25) is 0 Å². The fraction of sp³-hybridized carbons (Fsp3) is 0.235. The second-order valence-electron chi connectivity index (χ2n) is 4.86. The van der Waals surface area contributed by atoms with Crippen molar-refractivity contribution in [3.05, 3.63) is 53.6 Å². The van der Waals surface area contributed by atoms with Gasteiger partial charge in [0.05, 0.1) is 12.2 Å². The number of hydrogen-bond acceptors (Lipinski definition) is 3. The first-order valence-electron chi connectivity index (χ1n) is 6.87. The van der Waals surface area contributed by atoms with Crippen LogP contribution in [0.3, 0.4) is 0 Å². The van der Waals surface area contributed by atoms with E-state index in [1.807, 2.05) is 49.5 Å². The summed E-state index contributed by atoms with van der Waals surface area (Å²) in [5, 5.41) is 3.08. The zero-order valence-corrected chi connectivity index (χ0v) is 11.5. The van der Waals surface area contributed by atoms with E-state index in [-0.39, 0.29) is 5.78 Å². The Kier molecular flexibility index (Phi) is 3.52. The molecule has 2 aromatic rings. The number of hydrogen-bond donors (Lipinski definition) is 1. The Bertz CT molecular complexity index is 649. The van der Waals surface area contributed by atoms with Gasteiger partial charge in [-0.3, -0.25) is 4.79 Å². The normalized spacial score (nSPS) is 12.2. The maximum Gasteiger partial charge on any atom is 0.198 e. The monoisotopic (exact) mass is 267 g/mol. The van der Waals surface area contributed by atoms with Crippen molar-refractivity contribution in [1.82, 2.24) is 5.32 Å². The van der Waals surface area contributed by atoms with Gasteiger partial charge in [-0.25, -0.2) is 0 Å². The molecule has 1 aliphatic carbocycles. The zero-order valence-electron chi connectivity index (χ0n) is 11.5. The first-order valence-corrected chi connectivity index (χ1v) is 6.87. The Morgan fingerprint density at radius 1 is 1.00 bits per heavy atom. The van der Waals surface area contributed by atoms with Crippen LogP contribution in [0.5, 0.6) is 5.75 Å². The van der Waals surface area contributed by atoms with Crippen molar-refractivity contribution in [3.8, 4) is 16.9 Å². The van der Waals surface area contributed by atoms with E-state index in [1.165, 1.54) is 0 Å². The maximum absolute atomic E-state index is 12.5. The number of carbonyl (C=O) groups excluding carboxylic acids is 1. The molecule has 3 rings (SSSR count). The molecular weight excluding hydrogens is 250 g/mol. The van der Waals surface area contributed by atoms with Gasteiger partial charge in [0.1, 0.15) is 5.75 Å².